The first-order valence-corrected chi connectivity index (χ1v) is 11.7. The molecule has 4 rings (SSSR count). The van der Waals surface area contributed by atoms with Crippen molar-refractivity contribution in [1.82, 2.24) is 9.80 Å². The summed E-state index contributed by atoms with van der Waals surface area (Å²) in [6.45, 7) is 9.67. The Hall–Kier alpha value is -2.92. The number of para-hydroxylation sites is 1. The van der Waals surface area contributed by atoms with Crippen molar-refractivity contribution in [2.45, 2.75) is 32.1 Å². The van der Waals surface area contributed by atoms with Crippen LogP contribution in [-0.2, 0) is 15.9 Å². The number of rotatable bonds is 10. The molecule has 5 heteroatoms. The van der Waals surface area contributed by atoms with Gasteiger partial charge in [-0.2, -0.15) is 0 Å². The molecule has 2 heterocycles. The van der Waals surface area contributed by atoms with Gasteiger partial charge in [0.25, 0.3) is 0 Å². The maximum Gasteiger partial charge on any atom is 0.231 e. The van der Waals surface area contributed by atoms with Crippen molar-refractivity contribution < 1.29 is 14.2 Å². The van der Waals surface area contributed by atoms with Gasteiger partial charge in [0.1, 0.15) is 12.0 Å². The van der Waals surface area contributed by atoms with Crippen LogP contribution >= 0.6 is 0 Å². The van der Waals surface area contributed by atoms with Crippen LogP contribution in [0.2, 0.25) is 0 Å². The van der Waals surface area contributed by atoms with Gasteiger partial charge in [0.2, 0.25) is 5.88 Å². The maximum absolute atomic E-state index is 6.00. The van der Waals surface area contributed by atoms with Gasteiger partial charge in [-0.15, -0.1) is 6.58 Å². The Morgan fingerprint density at radius 3 is 2.66 bits per heavy atom. The second-order valence-electron chi connectivity index (χ2n) is 8.32. The summed E-state index contributed by atoms with van der Waals surface area (Å²) in [6.07, 6.45) is 16.9. The minimum atomic E-state index is 0.757. The van der Waals surface area contributed by atoms with Gasteiger partial charge >= 0.3 is 0 Å². The summed E-state index contributed by atoms with van der Waals surface area (Å²) in [6, 6.07) is 8.23. The molecule has 2 aliphatic heterocycles. The number of ether oxygens (including phenoxy) is 3. The molecule has 0 radical (unpaired) electrons. The fourth-order valence-electron chi connectivity index (χ4n) is 4.17. The molecular weight excluding hydrogens is 400 g/mol. The molecule has 1 aromatic rings. The third kappa shape index (κ3) is 6.07. The van der Waals surface area contributed by atoms with Crippen LogP contribution in [0.3, 0.4) is 0 Å². The third-order valence-electron chi connectivity index (χ3n) is 6.05. The Morgan fingerprint density at radius 2 is 1.91 bits per heavy atom. The standard InChI is InChI=1S/C27H34N2O3/c1-2-10-23-13-6-7-14-25(23)30-20-9-8-15-28-16-18-29(19-17-28)27-22-31-26(21-32-27)24-11-4-3-5-12-24/h2-4,6-7,11,13-14,21-22H,1,5,8-10,12,15-20H2. The Kier molecular flexibility index (Phi) is 8.10. The number of hydrogen-bond acceptors (Lipinski definition) is 5. The van der Waals surface area contributed by atoms with Crippen molar-refractivity contribution in [2.24, 2.45) is 0 Å². The number of allylic oxidation sites excluding steroid dienone is 5. The summed E-state index contributed by atoms with van der Waals surface area (Å²) in [5.41, 5.74) is 2.40. The van der Waals surface area contributed by atoms with Crippen LogP contribution in [0.5, 0.6) is 5.75 Å². The number of nitrogens with zero attached hydrogens (tertiary/aromatic N) is 2. The third-order valence-corrected chi connectivity index (χ3v) is 6.05. The average Bonchev–Trinajstić information content (AvgIpc) is 2.86. The molecule has 3 aliphatic rings. The van der Waals surface area contributed by atoms with Crippen LogP contribution in [0.4, 0.5) is 0 Å². The first-order chi connectivity index (χ1) is 15.8. The van der Waals surface area contributed by atoms with Gasteiger partial charge in [0, 0.05) is 26.2 Å². The van der Waals surface area contributed by atoms with Crippen molar-refractivity contribution >= 4 is 0 Å². The molecule has 1 saturated heterocycles. The summed E-state index contributed by atoms with van der Waals surface area (Å²) >= 11 is 0. The lowest BCUT2D eigenvalue weighted by atomic mass is 10.0. The topological polar surface area (TPSA) is 34.2 Å². The van der Waals surface area contributed by atoms with Crippen molar-refractivity contribution in [2.75, 3.05) is 39.3 Å². The molecule has 1 fully saturated rings. The van der Waals surface area contributed by atoms with Gasteiger partial charge in [-0.05, 0) is 55.9 Å². The highest BCUT2D eigenvalue weighted by molar-refractivity contribution is 5.34. The normalized spacial score (nSPS) is 18.8. The van der Waals surface area contributed by atoms with E-state index in [2.05, 4.69) is 40.7 Å². The first-order valence-electron chi connectivity index (χ1n) is 11.7. The van der Waals surface area contributed by atoms with E-state index in [0.29, 0.717) is 0 Å². The highest BCUT2D eigenvalue weighted by Gasteiger charge is 2.22. The van der Waals surface area contributed by atoms with E-state index in [0.717, 1.165) is 88.8 Å². The zero-order valence-corrected chi connectivity index (χ0v) is 18.9. The number of unbranched alkanes of at least 4 members (excludes halogenated alkanes) is 1. The van der Waals surface area contributed by atoms with Gasteiger partial charge in [-0.25, -0.2) is 0 Å². The minimum absolute atomic E-state index is 0.757. The lowest BCUT2D eigenvalue weighted by Crippen LogP contribution is -2.46. The summed E-state index contributed by atoms with van der Waals surface area (Å²) in [7, 11) is 0. The van der Waals surface area contributed by atoms with Crippen molar-refractivity contribution in [3.63, 3.8) is 0 Å². The SMILES string of the molecule is C=CCc1ccccc1OCCCCN1CCN(C2=COC(C3=CC=CCC3)=CO2)CC1. The smallest absolute Gasteiger partial charge is 0.231 e. The molecule has 0 saturated carbocycles. The second kappa shape index (κ2) is 11.6. The number of hydrogen-bond donors (Lipinski definition) is 0. The largest absolute Gasteiger partial charge is 0.493 e. The quantitative estimate of drug-likeness (QED) is 0.376. The Labute approximate surface area is 191 Å². The van der Waals surface area contributed by atoms with Gasteiger partial charge in [0.05, 0.1) is 6.61 Å². The predicted octanol–water partition coefficient (Wildman–Crippen LogP) is 5.16. The molecule has 5 nitrogen and oxygen atoms in total. The van der Waals surface area contributed by atoms with Crippen LogP contribution in [0, 0.1) is 0 Å². The molecule has 170 valence electrons. The zero-order chi connectivity index (χ0) is 22.0. The molecule has 1 aromatic carbocycles. The lowest BCUT2D eigenvalue weighted by molar-refractivity contribution is 0.0834. The van der Waals surface area contributed by atoms with Crippen LogP contribution < -0.4 is 4.74 Å². The van der Waals surface area contributed by atoms with Crippen molar-refractivity contribution in [3.8, 4) is 5.75 Å². The second-order valence-corrected chi connectivity index (χ2v) is 8.32. The summed E-state index contributed by atoms with van der Waals surface area (Å²) in [4.78, 5) is 4.78. The summed E-state index contributed by atoms with van der Waals surface area (Å²) < 4.78 is 17.8. The van der Waals surface area contributed by atoms with E-state index in [1.54, 1.807) is 12.5 Å². The van der Waals surface area contributed by atoms with Crippen LogP contribution in [-0.4, -0.2) is 49.1 Å². The van der Waals surface area contributed by atoms with Gasteiger partial charge in [-0.3, -0.25) is 4.90 Å². The van der Waals surface area contributed by atoms with Crippen molar-refractivity contribution in [1.29, 1.82) is 0 Å². The van der Waals surface area contributed by atoms with Gasteiger partial charge in [0.15, 0.2) is 12.0 Å². The molecule has 0 spiro atoms. The fourth-order valence-corrected chi connectivity index (χ4v) is 4.17. The molecule has 0 atom stereocenters. The molecule has 0 amide bonds. The van der Waals surface area contributed by atoms with E-state index in [1.165, 1.54) is 11.1 Å². The number of benzene rings is 1. The molecular formula is C27H34N2O3. The van der Waals surface area contributed by atoms with E-state index in [4.69, 9.17) is 14.2 Å². The van der Waals surface area contributed by atoms with Crippen LogP contribution in [0.25, 0.3) is 0 Å². The maximum atomic E-state index is 6.00. The molecule has 0 N–H and O–H groups in total. The molecule has 0 bridgehead atoms. The first kappa shape index (κ1) is 22.3. The Morgan fingerprint density at radius 1 is 1.03 bits per heavy atom. The molecule has 1 aliphatic carbocycles. The predicted molar refractivity (Wildman–Crippen MR) is 128 cm³/mol. The average molecular weight is 435 g/mol. The fraction of sp³-hybridized carbons (Fsp3) is 0.407. The highest BCUT2D eigenvalue weighted by atomic mass is 16.6. The lowest BCUT2D eigenvalue weighted by Gasteiger charge is -2.36. The summed E-state index contributed by atoms with van der Waals surface area (Å²) in [5, 5.41) is 0. The van der Waals surface area contributed by atoms with E-state index < -0.39 is 0 Å². The zero-order valence-electron chi connectivity index (χ0n) is 18.9. The Balaban J connectivity index is 1.12. The van der Waals surface area contributed by atoms with Gasteiger partial charge in [-0.1, -0.05) is 42.5 Å². The van der Waals surface area contributed by atoms with E-state index in [1.807, 2.05) is 24.3 Å². The molecule has 0 unspecified atom stereocenters. The Bertz CT molecular complexity index is 892. The minimum Gasteiger partial charge on any atom is -0.493 e. The van der Waals surface area contributed by atoms with Crippen LogP contribution in [0.15, 0.2) is 84.9 Å². The molecule has 0 aromatic heterocycles. The van der Waals surface area contributed by atoms with E-state index in [-0.39, 0.29) is 0 Å². The van der Waals surface area contributed by atoms with E-state index in [9.17, 15) is 0 Å². The van der Waals surface area contributed by atoms with E-state index >= 15 is 0 Å². The van der Waals surface area contributed by atoms with Crippen molar-refractivity contribution in [3.05, 3.63) is 90.5 Å². The monoisotopic (exact) mass is 434 g/mol. The number of piperazine rings is 1. The summed E-state index contributed by atoms with van der Waals surface area (Å²) in [5.74, 6) is 2.62. The molecule has 32 heavy (non-hydrogen) atoms. The van der Waals surface area contributed by atoms with Crippen LogP contribution in [0.1, 0.15) is 31.2 Å². The van der Waals surface area contributed by atoms with Gasteiger partial charge < -0.3 is 19.1 Å². The highest BCUT2D eigenvalue weighted by Crippen LogP contribution is 2.26.